The van der Waals surface area contributed by atoms with Crippen LogP contribution in [0.25, 0.3) is 11.1 Å². The third-order valence-corrected chi connectivity index (χ3v) is 5.12. The Balaban J connectivity index is 1.66. The predicted molar refractivity (Wildman–Crippen MR) is 118 cm³/mol. The van der Waals surface area contributed by atoms with Gasteiger partial charge < -0.3 is 15.0 Å². The first-order valence-electron chi connectivity index (χ1n) is 10.1. The van der Waals surface area contributed by atoms with E-state index in [1.54, 1.807) is 0 Å². The molecule has 0 aliphatic carbocycles. The molecule has 0 radical (unpaired) electrons. The van der Waals surface area contributed by atoms with Crippen molar-refractivity contribution in [3.05, 3.63) is 84.4 Å². The van der Waals surface area contributed by atoms with Gasteiger partial charge in [-0.15, -0.1) is 0 Å². The molecule has 4 nitrogen and oxygen atoms in total. The van der Waals surface area contributed by atoms with E-state index in [-0.39, 0.29) is 11.9 Å². The Kier molecular flexibility index (Phi) is 7.04. The fourth-order valence-corrected chi connectivity index (χ4v) is 3.27. The Morgan fingerprint density at radius 2 is 1.62 bits per heavy atom. The fourth-order valence-electron chi connectivity index (χ4n) is 3.27. The van der Waals surface area contributed by atoms with Gasteiger partial charge in [0.2, 0.25) is 0 Å². The van der Waals surface area contributed by atoms with Crippen LogP contribution in [0, 0.1) is 0 Å². The SMILES string of the molecule is CCOc1ccc(C[NH+](C)[C@H](C)C(=O)Nc2ccccc2-c2ccccc2)cc1. The molecule has 3 aromatic rings. The highest BCUT2D eigenvalue weighted by atomic mass is 16.5. The summed E-state index contributed by atoms with van der Waals surface area (Å²) in [7, 11) is 2.05. The van der Waals surface area contributed by atoms with E-state index >= 15 is 0 Å². The minimum atomic E-state index is -0.189. The zero-order valence-corrected chi connectivity index (χ0v) is 17.3. The molecule has 29 heavy (non-hydrogen) atoms. The molecule has 2 N–H and O–H groups in total. The lowest BCUT2D eigenvalue weighted by atomic mass is 10.0. The van der Waals surface area contributed by atoms with Crippen LogP contribution in [0.1, 0.15) is 19.4 Å². The molecule has 0 fully saturated rings. The van der Waals surface area contributed by atoms with Crippen molar-refractivity contribution in [1.29, 1.82) is 0 Å². The number of carbonyl (C=O) groups excluding carboxylic acids is 1. The van der Waals surface area contributed by atoms with Crippen LogP contribution >= 0.6 is 0 Å². The molecule has 4 heteroatoms. The Morgan fingerprint density at radius 3 is 2.31 bits per heavy atom. The van der Waals surface area contributed by atoms with Crippen LogP contribution in [0.5, 0.6) is 5.75 Å². The van der Waals surface area contributed by atoms with E-state index in [4.69, 9.17) is 4.74 Å². The van der Waals surface area contributed by atoms with E-state index < -0.39 is 0 Å². The van der Waals surface area contributed by atoms with E-state index in [0.29, 0.717) is 6.61 Å². The standard InChI is InChI=1S/C25H28N2O2/c1-4-29-22-16-14-20(15-17-22)18-27(3)19(2)25(28)26-24-13-9-8-12-23(24)21-10-6-5-7-11-21/h5-17,19H,4,18H2,1-3H3,(H,26,28)/p+1/t19-/m1/s1. The minimum Gasteiger partial charge on any atom is -0.494 e. The second kappa shape index (κ2) is 9.89. The van der Waals surface area contributed by atoms with Gasteiger partial charge in [0.15, 0.2) is 6.04 Å². The number of hydrogen-bond donors (Lipinski definition) is 2. The maximum atomic E-state index is 12.9. The molecule has 0 spiro atoms. The average molecular weight is 390 g/mol. The first-order chi connectivity index (χ1) is 14.1. The van der Waals surface area contributed by atoms with E-state index in [2.05, 4.69) is 29.6 Å². The van der Waals surface area contributed by atoms with Crippen LogP contribution in [-0.4, -0.2) is 25.6 Å². The number of hydrogen-bond acceptors (Lipinski definition) is 2. The summed E-state index contributed by atoms with van der Waals surface area (Å²) in [5.74, 6) is 0.883. The molecule has 150 valence electrons. The molecule has 1 amide bonds. The van der Waals surface area contributed by atoms with Gasteiger partial charge >= 0.3 is 0 Å². The van der Waals surface area contributed by atoms with Gasteiger partial charge in [0.25, 0.3) is 5.91 Å². The summed E-state index contributed by atoms with van der Waals surface area (Å²) in [6.07, 6.45) is 0. The van der Waals surface area contributed by atoms with Crippen molar-refractivity contribution in [1.82, 2.24) is 0 Å². The molecule has 0 saturated carbocycles. The first kappa shape index (κ1) is 20.6. The molecular formula is C25H29N2O2+. The number of quaternary nitrogens is 1. The van der Waals surface area contributed by atoms with Gasteiger partial charge in [0.1, 0.15) is 12.3 Å². The highest BCUT2D eigenvalue weighted by Crippen LogP contribution is 2.27. The second-order valence-corrected chi connectivity index (χ2v) is 7.22. The van der Waals surface area contributed by atoms with Gasteiger partial charge in [-0.25, -0.2) is 0 Å². The summed E-state index contributed by atoms with van der Waals surface area (Å²) in [4.78, 5) is 14.0. The van der Waals surface area contributed by atoms with Crippen molar-refractivity contribution >= 4 is 11.6 Å². The Hall–Kier alpha value is -3.11. The number of likely N-dealkylation sites (N-methyl/N-ethyl adjacent to an activating group) is 1. The van der Waals surface area contributed by atoms with Crippen molar-refractivity contribution in [3.63, 3.8) is 0 Å². The Labute approximate surface area is 173 Å². The van der Waals surface area contributed by atoms with Crippen LogP contribution in [0.4, 0.5) is 5.69 Å². The zero-order valence-electron chi connectivity index (χ0n) is 17.3. The fraction of sp³-hybridized carbons (Fsp3) is 0.240. The normalized spacial score (nSPS) is 12.8. The first-order valence-corrected chi connectivity index (χ1v) is 10.1. The van der Waals surface area contributed by atoms with E-state index in [0.717, 1.165) is 34.0 Å². The van der Waals surface area contributed by atoms with E-state index in [1.807, 2.05) is 75.5 Å². The number of benzene rings is 3. The van der Waals surface area contributed by atoms with Gasteiger partial charge in [-0.3, -0.25) is 4.79 Å². The molecule has 2 atom stereocenters. The lowest BCUT2D eigenvalue weighted by Crippen LogP contribution is -3.12. The molecule has 3 aromatic carbocycles. The van der Waals surface area contributed by atoms with Gasteiger partial charge in [0, 0.05) is 16.8 Å². The highest BCUT2D eigenvalue weighted by Gasteiger charge is 2.23. The topological polar surface area (TPSA) is 42.8 Å². The maximum absolute atomic E-state index is 12.9. The number of para-hydroxylation sites is 1. The lowest BCUT2D eigenvalue weighted by Gasteiger charge is -2.22. The van der Waals surface area contributed by atoms with Crippen molar-refractivity contribution in [2.75, 3.05) is 19.0 Å². The number of rotatable bonds is 8. The Bertz CT molecular complexity index is 923. The summed E-state index contributed by atoms with van der Waals surface area (Å²) in [5.41, 5.74) is 4.13. The molecule has 0 bridgehead atoms. The maximum Gasteiger partial charge on any atom is 0.282 e. The van der Waals surface area contributed by atoms with Gasteiger partial charge in [0.05, 0.1) is 13.7 Å². The molecule has 0 heterocycles. The van der Waals surface area contributed by atoms with Crippen LogP contribution in [0.2, 0.25) is 0 Å². The third kappa shape index (κ3) is 5.46. The number of ether oxygens (including phenoxy) is 1. The van der Waals surface area contributed by atoms with Crippen LogP contribution in [-0.2, 0) is 11.3 Å². The molecule has 0 aliphatic rings. The van der Waals surface area contributed by atoms with E-state index in [9.17, 15) is 4.79 Å². The number of anilines is 1. The van der Waals surface area contributed by atoms with Crippen LogP contribution in [0.3, 0.4) is 0 Å². The molecule has 3 rings (SSSR count). The molecule has 0 saturated heterocycles. The van der Waals surface area contributed by atoms with Crippen LogP contribution < -0.4 is 15.0 Å². The number of carbonyl (C=O) groups is 1. The number of amides is 1. The predicted octanol–water partition coefficient (Wildman–Crippen LogP) is 3.79. The summed E-state index contributed by atoms with van der Waals surface area (Å²) in [6, 6.07) is 25.9. The van der Waals surface area contributed by atoms with Crippen LogP contribution in [0.15, 0.2) is 78.9 Å². The van der Waals surface area contributed by atoms with Crippen molar-refractivity contribution in [2.24, 2.45) is 0 Å². The highest BCUT2D eigenvalue weighted by molar-refractivity contribution is 5.97. The minimum absolute atomic E-state index is 0.0109. The van der Waals surface area contributed by atoms with Crippen molar-refractivity contribution in [2.45, 2.75) is 26.4 Å². The quantitative estimate of drug-likeness (QED) is 0.615. The molecule has 0 aliphatic heterocycles. The molecule has 0 aromatic heterocycles. The Morgan fingerprint density at radius 1 is 0.966 bits per heavy atom. The smallest absolute Gasteiger partial charge is 0.282 e. The summed E-state index contributed by atoms with van der Waals surface area (Å²) >= 11 is 0. The number of nitrogens with one attached hydrogen (secondary N) is 2. The summed E-state index contributed by atoms with van der Waals surface area (Å²) in [5, 5.41) is 3.12. The van der Waals surface area contributed by atoms with Gasteiger partial charge in [-0.1, -0.05) is 48.5 Å². The van der Waals surface area contributed by atoms with E-state index in [1.165, 1.54) is 5.56 Å². The molecule has 1 unspecified atom stereocenters. The largest absolute Gasteiger partial charge is 0.494 e. The molecular weight excluding hydrogens is 360 g/mol. The monoisotopic (exact) mass is 389 g/mol. The third-order valence-electron chi connectivity index (χ3n) is 5.12. The van der Waals surface area contributed by atoms with Gasteiger partial charge in [-0.05, 0) is 49.7 Å². The van der Waals surface area contributed by atoms with Crippen molar-refractivity contribution in [3.8, 4) is 16.9 Å². The zero-order chi connectivity index (χ0) is 20.6. The summed E-state index contributed by atoms with van der Waals surface area (Å²) < 4.78 is 5.49. The lowest BCUT2D eigenvalue weighted by molar-refractivity contribution is -0.907. The average Bonchev–Trinajstić information content (AvgIpc) is 2.75. The van der Waals surface area contributed by atoms with Crippen molar-refractivity contribution < 1.29 is 14.4 Å². The van der Waals surface area contributed by atoms with Gasteiger partial charge in [-0.2, -0.15) is 0 Å². The summed E-state index contributed by atoms with van der Waals surface area (Å²) in [6.45, 7) is 5.36. The second-order valence-electron chi connectivity index (χ2n) is 7.22.